The maximum absolute atomic E-state index is 12.3. The van der Waals surface area contributed by atoms with Crippen molar-refractivity contribution in [2.75, 3.05) is 19.6 Å². The maximum atomic E-state index is 12.3. The lowest BCUT2D eigenvalue weighted by Crippen LogP contribution is -2.61. The molecule has 0 radical (unpaired) electrons. The molecule has 0 aliphatic carbocycles. The van der Waals surface area contributed by atoms with Gasteiger partial charge in [-0.15, -0.1) is 0 Å². The number of likely N-dealkylation sites (tertiary alicyclic amines) is 1. The molecule has 1 aliphatic heterocycles. The highest BCUT2D eigenvalue weighted by molar-refractivity contribution is 5.84. The minimum atomic E-state index is -4.33. The Bertz CT molecular complexity index is 424. The number of hydrogen-bond acceptors (Lipinski definition) is 4. The minimum Gasteiger partial charge on any atom is -0.480 e. The molecule has 0 aromatic rings. The maximum Gasteiger partial charge on any atom is 0.408 e. The molecule has 0 atom stereocenters. The molecular formula is C13H21F3N2O4. The molecule has 1 rings (SSSR count). The molecule has 9 heteroatoms. The smallest absolute Gasteiger partial charge is 0.408 e. The first kappa shape index (κ1) is 18.5. The van der Waals surface area contributed by atoms with E-state index in [4.69, 9.17) is 4.74 Å². The fourth-order valence-corrected chi connectivity index (χ4v) is 2.24. The monoisotopic (exact) mass is 326 g/mol. The summed E-state index contributed by atoms with van der Waals surface area (Å²) in [5.41, 5.74) is -2.38. The molecule has 22 heavy (non-hydrogen) atoms. The van der Waals surface area contributed by atoms with Crippen LogP contribution in [-0.2, 0) is 9.53 Å². The Labute approximate surface area is 126 Å². The van der Waals surface area contributed by atoms with E-state index in [0.29, 0.717) is 0 Å². The van der Waals surface area contributed by atoms with Crippen molar-refractivity contribution in [3.05, 3.63) is 0 Å². The number of hydrogen-bond donors (Lipinski definition) is 2. The zero-order valence-electron chi connectivity index (χ0n) is 12.8. The van der Waals surface area contributed by atoms with Gasteiger partial charge in [0.25, 0.3) is 0 Å². The molecule has 1 fully saturated rings. The zero-order valence-corrected chi connectivity index (χ0v) is 12.8. The van der Waals surface area contributed by atoms with Gasteiger partial charge in [-0.2, -0.15) is 13.2 Å². The van der Waals surface area contributed by atoms with Gasteiger partial charge in [0.05, 0.1) is 6.54 Å². The summed E-state index contributed by atoms with van der Waals surface area (Å²) in [6, 6.07) is 0. The van der Waals surface area contributed by atoms with E-state index in [-0.39, 0.29) is 25.9 Å². The Hall–Kier alpha value is -1.51. The molecule has 1 saturated heterocycles. The van der Waals surface area contributed by atoms with Crippen LogP contribution in [0.3, 0.4) is 0 Å². The molecule has 128 valence electrons. The summed E-state index contributed by atoms with van der Waals surface area (Å²) < 4.78 is 42.0. The normalized spacial score (nSPS) is 19.5. The van der Waals surface area contributed by atoms with Crippen LogP contribution in [0.5, 0.6) is 0 Å². The molecule has 1 aliphatic rings. The van der Waals surface area contributed by atoms with Crippen LogP contribution in [0.15, 0.2) is 0 Å². The van der Waals surface area contributed by atoms with Crippen LogP contribution in [-0.4, -0.2) is 59.0 Å². The van der Waals surface area contributed by atoms with Crippen LogP contribution in [0.1, 0.15) is 33.6 Å². The molecule has 1 amide bonds. The number of carbonyl (C=O) groups excluding carboxylic acids is 1. The van der Waals surface area contributed by atoms with Gasteiger partial charge in [-0.25, -0.2) is 9.59 Å². The van der Waals surface area contributed by atoms with Gasteiger partial charge in [0.2, 0.25) is 0 Å². The summed E-state index contributed by atoms with van der Waals surface area (Å²) in [5, 5.41) is 11.6. The Morgan fingerprint density at radius 3 is 2.09 bits per heavy atom. The number of ether oxygens (including phenoxy) is 1. The number of aliphatic carboxylic acids is 1. The number of halogens is 3. The summed E-state index contributed by atoms with van der Waals surface area (Å²) >= 11 is 0. The topological polar surface area (TPSA) is 78.9 Å². The number of nitrogens with zero attached hydrogens (tertiary/aromatic N) is 1. The standard InChI is InChI=1S/C13H21F3N2O4/c1-11(2,3)22-10(21)17-12(9(19)20)4-6-18(7-5-12)8-13(14,15)16/h4-8H2,1-3H3,(H,17,21)(H,19,20). The van der Waals surface area contributed by atoms with Crippen LogP contribution in [0.25, 0.3) is 0 Å². The number of rotatable bonds is 3. The van der Waals surface area contributed by atoms with E-state index in [2.05, 4.69) is 5.32 Å². The van der Waals surface area contributed by atoms with Crippen molar-refractivity contribution in [2.45, 2.75) is 50.9 Å². The number of amides is 1. The summed E-state index contributed by atoms with van der Waals surface area (Å²) in [4.78, 5) is 24.3. The third-order valence-corrected chi connectivity index (χ3v) is 3.26. The molecule has 0 spiro atoms. The van der Waals surface area contributed by atoms with E-state index in [1.807, 2.05) is 0 Å². The fraction of sp³-hybridized carbons (Fsp3) is 0.846. The van der Waals surface area contributed by atoms with E-state index < -0.39 is 35.9 Å². The van der Waals surface area contributed by atoms with Gasteiger partial charge in [-0.3, -0.25) is 4.90 Å². The Morgan fingerprint density at radius 2 is 1.73 bits per heavy atom. The van der Waals surface area contributed by atoms with Crippen LogP contribution in [0, 0.1) is 0 Å². The van der Waals surface area contributed by atoms with E-state index in [9.17, 15) is 27.9 Å². The van der Waals surface area contributed by atoms with E-state index in [1.165, 1.54) is 0 Å². The molecule has 6 nitrogen and oxygen atoms in total. The first-order valence-corrected chi connectivity index (χ1v) is 6.87. The van der Waals surface area contributed by atoms with Gasteiger partial charge in [0.15, 0.2) is 0 Å². The van der Waals surface area contributed by atoms with Crippen molar-refractivity contribution in [3.63, 3.8) is 0 Å². The summed E-state index contributed by atoms with van der Waals surface area (Å²) in [7, 11) is 0. The Balaban J connectivity index is 2.68. The van der Waals surface area contributed by atoms with Crippen molar-refractivity contribution in [1.29, 1.82) is 0 Å². The summed E-state index contributed by atoms with van der Waals surface area (Å²) in [6.45, 7) is 3.67. The number of alkyl carbamates (subject to hydrolysis) is 1. The molecule has 0 bridgehead atoms. The molecule has 1 heterocycles. The van der Waals surface area contributed by atoms with Crippen molar-refractivity contribution in [2.24, 2.45) is 0 Å². The number of nitrogens with one attached hydrogen (secondary N) is 1. The highest BCUT2D eigenvalue weighted by atomic mass is 19.4. The first-order chi connectivity index (χ1) is 9.83. The van der Waals surface area contributed by atoms with Crippen LogP contribution in [0.2, 0.25) is 0 Å². The highest BCUT2D eigenvalue weighted by Gasteiger charge is 2.45. The SMILES string of the molecule is CC(C)(C)OC(=O)NC1(C(=O)O)CCN(CC(F)(F)F)CC1. The zero-order chi connectivity index (χ0) is 17.2. The number of carboxylic acid groups (broad SMARTS) is 1. The second-order valence-corrected chi connectivity index (χ2v) is 6.41. The predicted molar refractivity (Wildman–Crippen MR) is 71.5 cm³/mol. The Kier molecular flexibility index (Phi) is 5.32. The largest absolute Gasteiger partial charge is 0.480 e. The number of alkyl halides is 3. The van der Waals surface area contributed by atoms with Crippen molar-refractivity contribution < 1.29 is 32.6 Å². The van der Waals surface area contributed by atoms with Gasteiger partial charge in [-0.05, 0) is 33.6 Å². The second-order valence-electron chi connectivity index (χ2n) is 6.41. The van der Waals surface area contributed by atoms with E-state index >= 15 is 0 Å². The van der Waals surface area contributed by atoms with Crippen LogP contribution >= 0.6 is 0 Å². The third kappa shape index (κ3) is 5.70. The van der Waals surface area contributed by atoms with Crippen LogP contribution < -0.4 is 5.32 Å². The lowest BCUT2D eigenvalue weighted by atomic mass is 9.87. The predicted octanol–water partition coefficient (Wildman–Crippen LogP) is 1.99. The molecule has 0 aromatic heterocycles. The van der Waals surface area contributed by atoms with Crippen molar-refractivity contribution >= 4 is 12.1 Å². The van der Waals surface area contributed by atoms with Gasteiger partial charge < -0.3 is 15.2 Å². The van der Waals surface area contributed by atoms with E-state index in [0.717, 1.165) is 4.90 Å². The lowest BCUT2D eigenvalue weighted by molar-refractivity contribution is -0.155. The number of carbonyl (C=O) groups is 2. The number of carboxylic acids is 1. The first-order valence-electron chi connectivity index (χ1n) is 6.87. The quantitative estimate of drug-likeness (QED) is 0.829. The molecule has 0 aromatic carbocycles. The van der Waals surface area contributed by atoms with Crippen LogP contribution in [0.4, 0.5) is 18.0 Å². The molecular weight excluding hydrogens is 305 g/mol. The Morgan fingerprint density at radius 1 is 1.23 bits per heavy atom. The summed E-state index contributed by atoms with van der Waals surface area (Å²) in [5.74, 6) is -1.27. The van der Waals surface area contributed by atoms with E-state index in [1.54, 1.807) is 20.8 Å². The molecule has 0 saturated carbocycles. The fourth-order valence-electron chi connectivity index (χ4n) is 2.24. The van der Waals surface area contributed by atoms with Gasteiger partial charge >= 0.3 is 18.2 Å². The van der Waals surface area contributed by atoms with Gasteiger partial charge in [-0.1, -0.05) is 0 Å². The second kappa shape index (κ2) is 6.31. The summed E-state index contributed by atoms with van der Waals surface area (Å²) in [6.07, 6.45) is -5.45. The lowest BCUT2D eigenvalue weighted by Gasteiger charge is -2.39. The van der Waals surface area contributed by atoms with Gasteiger partial charge in [0, 0.05) is 13.1 Å². The average molecular weight is 326 g/mol. The van der Waals surface area contributed by atoms with Crippen molar-refractivity contribution in [1.82, 2.24) is 10.2 Å². The molecule has 2 N–H and O–H groups in total. The minimum absolute atomic E-state index is 0.0678. The highest BCUT2D eigenvalue weighted by Crippen LogP contribution is 2.26. The molecule has 0 unspecified atom stereocenters. The van der Waals surface area contributed by atoms with Gasteiger partial charge in [0.1, 0.15) is 11.1 Å². The van der Waals surface area contributed by atoms with Crippen molar-refractivity contribution in [3.8, 4) is 0 Å². The average Bonchev–Trinajstić information content (AvgIpc) is 2.27. The third-order valence-electron chi connectivity index (χ3n) is 3.26. The number of piperidine rings is 1.